The van der Waals surface area contributed by atoms with Crippen LogP contribution >= 0.6 is 23.2 Å². The summed E-state index contributed by atoms with van der Waals surface area (Å²) in [5.41, 5.74) is 2.88. The third-order valence-corrected chi connectivity index (χ3v) is 3.38. The van der Waals surface area contributed by atoms with E-state index in [0.29, 0.717) is 16.7 Å². The van der Waals surface area contributed by atoms with Crippen LogP contribution in [0.4, 0.5) is 0 Å². The Morgan fingerprint density at radius 1 is 1.16 bits per heavy atom. The second-order valence-electron chi connectivity index (χ2n) is 4.25. The number of aromatic nitrogens is 1. The van der Waals surface area contributed by atoms with Crippen molar-refractivity contribution in [1.82, 2.24) is 4.98 Å². The highest BCUT2D eigenvalue weighted by atomic mass is 35.5. The van der Waals surface area contributed by atoms with Gasteiger partial charge in [-0.1, -0.05) is 24.6 Å². The van der Waals surface area contributed by atoms with Crippen molar-refractivity contribution in [2.24, 2.45) is 0 Å². The standard InChI is InChI=1S/C15H15Cl2NO/c1-3-13-15(6-4-10(2)18-13)19-14-7-5-11(9-16)8-12(14)17/h4-8H,3,9H2,1-2H3. The van der Waals surface area contributed by atoms with Gasteiger partial charge < -0.3 is 4.74 Å². The highest BCUT2D eigenvalue weighted by molar-refractivity contribution is 6.32. The Hall–Kier alpha value is -1.25. The molecule has 0 aliphatic heterocycles. The molecule has 0 unspecified atom stereocenters. The highest BCUT2D eigenvalue weighted by Gasteiger charge is 2.08. The summed E-state index contributed by atoms with van der Waals surface area (Å²) < 4.78 is 5.85. The van der Waals surface area contributed by atoms with Crippen LogP contribution < -0.4 is 4.74 Å². The molecule has 0 fully saturated rings. The van der Waals surface area contributed by atoms with E-state index in [4.69, 9.17) is 27.9 Å². The third-order valence-electron chi connectivity index (χ3n) is 2.78. The fourth-order valence-electron chi connectivity index (χ4n) is 1.77. The van der Waals surface area contributed by atoms with E-state index in [1.54, 1.807) is 0 Å². The number of halogens is 2. The monoisotopic (exact) mass is 295 g/mol. The normalized spacial score (nSPS) is 10.5. The van der Waals surface area contributed by atoms with Crippen molar-refractivity contribution in [3.63, 3.8) is 0 Å². The first-order valence-corrected chi connectivity index (χ1v) is 7.04. The van der Waals surface area contributed by atoms with Crippen LogP contribution in [0.1, 0.15) is 23.9 Å². The molecule has 0 spiro atoms. The van der Waals surface area contributed by atoms with Gasteiger partial charge in [0.25, 0.3) is 0 Å². The van der Waals surface area contributed by atoms with Crippen LogP contribution in [0, 0.1) is 6.92 Å². The SMILES string of the molecule is CCc1nc(C)ccc1Oc1ccc(CCl)cc1Cl. The lowest BCUT2D eigenvalue weighted by Crippen LogP contribution is -1.96. The largest absolute Gasteiger partial charge is 0.454 e. The second-order valence-corrected chi connectivity index (χ2v) is 4.93. The van der Waals surface area contributed by atoms with Crippen molar-refractivity contribution in [3.05, 3.63) is 52.3 Å². The zero-order valence-corrected chi connectivity index (χ0v) is 12.4. The molecule has 1 aromatic carbocycles. The van der Waals surface area contributed by atoms with E-state index < -0.39 is 0 Å². The van der Waals surface area contributed by atoms with E-state index in [2.05, 4.69) is 4.98 Å². The molecule has 0 N–H and O–H groups in total. The Labute approximate surface area is 123 Å². The molecule has 0 radical (unpaired) electrons. The minimum absolute atomic E-state index is 0.437. The van der Waals surface area contributed by atoms with E-state index in [1.807, 2.05) is 44.2 Å². The van der Waals surface area contributed by atoms with Gasteiger partial charge in [0.05, 0.1) is 10.7 Å². The molecule has 4 heteroatoms. The van der Waals surface area contributed by atoms with Gasteiger partial charge in [-0.25, -0.2) is 0 Å². The first-order chi connectivity index (χ1) is 9.13. The van der Waals surface area contributed by atoms with Gasteiger partial charge in [-0.15, -0.1) is 11.6 Å². The van der Waals surface area contributed by atoms with E-state index in [0.717, 1.165) is 29.1 Å². The molecule has 2 aromatic rings. The molecule has 0 saturated heterocycles. The van der Waals surface area contributed by atoms with Crippen LogP contribution in [0.15, 0.2) is 30.3 Å². The molecule has 2 rings (SSSR count). The van der Waals surface area contributed by atoms with Crippen molar-refractivity contribution in [2.45, 2.75) is 26.1 Å². The van der Waals surface area contributed by atoms with Crippen LogP contribution in [-0.2, 0) is 12.3 Å². The maximum Gasteiger partial charge on any atom is 0.148 e. The Bertz CT molecular complexity index is 584. The van der Waals surface area contributed by atoms with Crippen molar-refractivity contribution >= 4 is 23.2 Å². The number of alkyl halides is 1. The summed E-state index contributed by atoms with van der Waals surface area (Å²) >= 11 is 11.9. The average molecular weight is 296 g/mol. The summed E-state index contributed by atoms with van der Waals surface area (Å²) in [5.74, 6) is 1.80. The molecule has 1 heterocycles. The molecular formula is C15H15Cl2NO. The van der Waals surface area contributed by atoms with Gasteiger partial charge in [0.2, 0.25) is 0 Å². The Kier molecular flexibility index (Phi) is 4.67. The molecule has 0 aliphatic carbocycles. The fraction of sp³-hybridized carbons (Fsp3) is 0.267. The Morgan fingerprint density at radius 3 is 2.53 bits per heavy atom. The summed E-state index contributed by atoms with van der Waals surface area (Å²) in [4.78, 5) is 4.46. The van der Waals surface area contributed by atoms with Crippen LogP contribution in [-0.4, -0.2) is 4.98 Å². The van der Waals surface area contributed by atoms with E-state index >= 15 is 0 Å². The van der Waals surface area contributed by atoms with Gasteiger partial charge in [0.1, 0.15) is 11.5 Å². The number of rotatable bonds is 4. The van der Waals surface area contributed by atoms with Crippen molar-refractivity contribution in [2.75, 3.05) is 0 Å². The number of aryl methyl sites for hydroxylation is 2. The van der Waals surface area contributed by atoms with Crippen LogP contribution in [0.2, 0.25) is 5.02 Å². The molecule has 19 heavy (non-hydrogen) atoms. The van der Waals surface area contributed by atoms with Crippen LogP contribution in [0.3, 0.4) is 0 Å². The van der Waals surface area contributed by atoms with Gasteiger partial charge in [-0.05, 0) is 43.2 Å². The second kappa shape index (κ2) is 6.27. The summed E-state index contributed by atoms with van der Waals surface area (Å²) in [6, 6.07) is 9.40. The van der Waals surface area contributed by atoms with E-state index in [-0.39, 0.29) is 0 Å². The lowest BCUT2D eigenvalue weighted by molar-refractivity contribution is 0.473. The highest BCUT2D eigenvalue weighted by Crippen LogP contribution is 2.32. The Morgan fingerprint density at radius 2 is 1.89 bits per heavy atom. The first kappa shape index (κ1) is 14.2. The predicted molar refractivity (Wildman–Crippen MR) is 79.4 cm³/mol. The summed E-state index contributed by atoms with van der Waals surface area (Å²) in [5, 5.41) is 0.556. The average Bonchev–Trinajstić information content (AvgIpc) is 2.42. The van der Waals surface area contributed by atoms with Crippen molar-refractivity contribution < 1.29 is 4.74 Å². The van der Waals surface area contributed by atoms with Gasteiger partial charge in [0, 0.05) is 11.6 Å². The maximum absolute atomic E-state index is 6.18. The lowest BCUT2D eigenvalue weighted by Gasteiger charge is -2.11. The van der Waals surface area contributed by atoms with Crippen molar-refractivity contribution in [1.29, 1.82) is 0 Å². The number of pyridine rings is 1. The van der Waals surface area contributed by atoms with Crippen molar-refractivity contribution in [3.8, 4) is 11.5 Å². The quantitative estimate of drug-likeness (QED) is 0.729. The molecule has 0 aliphatic rings. The number of hydrogen-bond donors (Lipinski definition) is 0. The fourth-order valence-corrected chi connectivity index (χ4v) is 2.18. The Balaban J connectivity index is 2.31. The summed E-state index contributed by atoms with van der Waals surface area (Å²) in [6.45, 7) is 4.01. The number of ether oxygens (including phenoxy) is 1. The topological polar surface area (TPSA) is 22.1 Å². The molecular weight excluding hydrogens is 281 g/mol. The molecule has 100 valence electrons. The van der Waals surface area contributed by atoms with Gasteiger partial charge in [-0.2, -0.15) is 0 Å². The molecule has 0 amide bonds. The third kappa shape index (κ3) is 3.40. The van der Waals surface area contributed by atoms with Gasteiger partial charge >= 0.3 is 0 Å². The summed E-state index contributed by atoms with van der Waals surface area (Å²) in [7, 11) is 0. The predicted octanol–water partition coefficient (Wildman–Crippen LogP) is 5.14. The summed E-state index contributed by atoms with van der Waals surface area (Å²) in [6.07, 6.45) is 0.814. The smallest absolute Gasteiger partial charge is 0.148 e. The van der Waals surface area contributed by atoms with Gasteiger partial charge in [-0.3, -0.25) is 4.98 Å². The first-order valence-electron chi connectivity index (χ1n) is 6.12. The zero-order chi connectivity index (χ0) is 13.8. The lowest BCUT2D eigenvalue weighted by atomic mass is 10.2. The number of hydrogen-bond acceptors (Lipinski definition) is 2. The van der Waals surface area contributed by atoms with Crippen LogP contribution in [0.5, 0.6) is 11.5 Å². The van der Waals surface area contributed by atoms with E-state index in [9.17, 15) is 0 Å². The number of nitrogens with zero attached hydrogens (tertiary/aromatic N) is 1. The maximum atomic E-state index is 6.18. The van der Waals surface area contributed by atoms with Gasteiger partial charge in [0.15, 0.2) is 0 Å². The molecule has 0 bridgehead atoms. The van der Waals surface area contributed by atoms with E-state index in [1.165, 1.54) is 0 Å². The molecule has 0 atom stereocenters. The number of benzene rings is 1. The minimum Gasteiger partial charge on any atom is -0.454 e. The molecule has 2 nitrogen and oxygen atoms in total. The molecule has 0 saturated carbocycles. The zero-order valence-electron chi connectivity index (χ0n) is 10.9. The van der Waals surface area contributed by atoms with Crippen LogP contribution in [0.25, 0.3) is 0 Å². The molecule has 1 aromatic heterocycles. The minimum atomic E-state index is 0.437.